The molecule has 0 aromatic heterocycles. The summed E-state index contributed by atoms with van der Waals surface area (Å²) >= 11 is 0. The average Bonchev–Trinajstić information content (AvgIpc) is 2.16. The van der Waals surface area contributed by atoms with Crippen LogP contribution in [0.1, 0.15) is 19.4 Å². The third-order valence-corrected chi connectivity index (χ3v) is 3.74. The summed E-state index contributed by atoms with van der Waals surface area (Å²) in [5.41, 5.74) is 0.900. The summed E-state index contributed by atoms with van der Waals surface area (Å²) in [5, 5.41) is 0.912. The molecule has 3 heteroatoms. The van der Waals surface area contributed by atoms with Crippen molar-refractivity contribution in [3.8, 4) is 0 Å². The van der Waals surface area contributed by atoms with Crippen molar-refractivity contribution in [3.63, 3.8) is 0 Å². The lowest BCUT2D eigenvalue weighted by molar-refractivity contribution is 0.596. The highest BCUT2D eigenvalue weighted by Crippen LogP contribution is 2.07. The van der Waals surface area contributed by atoms with E-state index in [2.05, 4.69) is 0 Å². The maximum atomic E-state index is 11.4. The zero-order chi connectivity index (χ0) is 10.6. The zero-order valence-corrected chi connectivity index (χ0v) is 9.16. The minimum atomic E-state index is -3.08. The Labute approximate surface area is 85.2 Å². The molecule has 0 aliphatic heterocycles. The summed E-state index contributed by atoms with van der Waals surface area (Å²) in [6, 6.07) is 9.39. The smallest absolute Gasteiger partial charge is 0.173 e. The lowest BCUT2D eigenvalue weighted by Gasteiger charge is -2.00. The molecule has 0 atom stereocenters. The van der Waals surface area contributed by atoms with Gasteiger partial charge in [0.15, 0.2) is 9.84 Å². The van der Waals surface area contributed by atoms with Crippen molar-refractivity contribution in [2.24, 2.45) is 0 Å². The van der Waals surface area contributed by atoms with Crippen molar-refractivity contribution < 1.29 is 8.42 Å². The van der Waals surface area contributed by atoms with Crippen molar-refractivity contribution in [3.05, 3.63) is 41.3 Å². The summed E-state index contributed by atoms with van der Waals surface area (Å²) in [6.45, 7) is 3.34. The quantitative estimate of drug-likeness (QED) is 0.768. The van der Waals surface area contributed by atoms with Crippen LogP contribution in [0, 0.1) is 0 Å². The predicted octanol–water partition coefficient (Wildman–Crippen LogP) is 2.48. The van der Waals surface area contributed by atoms with Gasteiger partial charge in [0.1, 0.15) is 0 Å². The van der Waals surface area contributed by atoms with Crippen LogP contribution >= 0.6 is 0 Å². The average molecular weight is 210 g/mol. The summed E-state index contributed by atoms with van der Waals surface area (Å²) < 4.78 is 22.8. The third kappa shape index (κ3) is 3.00. The molecule has 0 amide bonds. The molecule has 0 fully saturated rings. The molecule has 1 aromatic carbocycles. The Morgan fingerprint density at radius 3 is 2.21 bits per heavy atom. The molecule has 2 nitrogen and oxygen atoms in total. The van der Waals surface area contributed by atoms with E-state index in [9.17, 15) is 8.42 Å². The second-order valence-corrected chi connectivity index (χ2v) is 5.74. The lowest BCUT2D eigenvalue weighted by atomic mass is 10.2. The standard InChI is InChI=1S/C11H14O2S/c1-10(2)14(12,13)9-8-11-6-4-3-5-7-11/h3-10H,1-2H3/b9-8+. The van der Waals surface area contributed by atoms with Gasteiger partial charge in [0.2, 0.25) is 0 Å². The summed E-state index contributed by atoms with van der Waals surface area (Å²) in [6.07, 6.45) is 1.62. The highest BCUT2D eigenvalue weighted by Gasteiger charge is 2.10. The van der Waals surface area contributed by atoms with Crippen molar-refractivity contribution in [2.75, 3.05) is 0 Å². The van der Waals surface area contributed by atoms with Gasteiger partial charge in [-0.15, -0.1) is 0 Å². The molecular weight excluding hydrogens is 196 g/mol. The number of hydrogen-bond donors (Lipinski definition) is 0. The fourth-order valence-electron chi connectivity index (χ4n) is 0.895. The summed E-state index contributed by atoms with van der Waals surface area (Å²) in [7, 11) is -3.08. The fraction of sp³-hybridized carbons (Fsp3) is 0.273. The number of benzene rings is 1. The van der Waals surface area contributed by atoms with Gasteiger partial charge in [0, 0.05) is 5.41 Å². The van der Waals surface area contributed by atoms with Crippen molar-refractivity contribution in [1.82, 2.24) is 0 Å². The van der Waals surface area contributed by atoms with Gasteiger partial charge in [-0.25, -0.2) is 8.42 Å². The molecule has 0 spiro atoms. The zero-order valence-electron chi connectivity index (χ0n) is 8.34. The van der Waals surface area contributed by atoms with Crippen LogP contribution < -0.4 is 0 Å². The highest BCUT2D eigenvalue weighted by atomic mass is 32.2. The van der Waals surface area contributed by atoms with E-state index in [0.29, 0.717) is 0 Å². The summed E-state index contributed by atoms with van der Waals surface area (Å²) in [5.74, 6) is 0. The van der Waals surface area contributed by atoms with Gasteiger partial charge in [0.25, 0.3) is 0 Å². The largest absolute Gasteiger partial charge is 0.224 e. The predicted molar refractivity (Wildman–Crippen MR) is 59.5 cm³/mol. The lowest BCUT2D eigenvalue weighted by Crippen LogP contribution is -2.09. The minimum Gasteiger partial charge on any atom is -0.224 e. The SMILES string of the molecule is CC(C)S(=O)(=O)/C=C/c1ccccc1. The van der Waals surface area contributed by atoms with Gasteiger partial charge in [-0.1, -0.05) is 30.3 Å². The van der Waals surface area contributed by atoms with Crippen molar-refractivity contribution in [2.45, 2.75) is 19.1 Å². The van der Waals surface area contributed by atoms with E-state index in [4.69, 9.17) is 0 Å². The normalized spacial score (nSPS) is 12.5. The molecule has 0 aliphatic rings. The van der Waals surface area contributed by atoms with Crippen LogP contribution in [0.5, 0.6) is 0 Å². The van der Waals surface area contributed by atoms with Gasteiger partial charge >= 0.3 is 0 Å². The first-order valence-corrected chi connectivity index (χ1v) is 6.10. The summed E-state index contributed by atoms with van der Waals surface area (Å²) in [4.78, 5) is 0. The van der Waals surface area contributed by atoms with E-state index in [1.165, 1.54) is 5.41 Å². The molecule has 0 N–H and O–H groups in total. The second-order valence-electron chi connectivity index (χ2n) is 3.35. The van der Waals surface area contributed by atoms with Crippen LogP contribution in [0.25, 0.3) is 6.08 Å². The van der Waals surface area contributed by atoms with Crippen LogP contribution in [0.4, 0.5) is 0 Å². The van der Waals surface area contributed by atoms with Crippen LogP contribution in [-0.4, -0.2) is 13.7 Å². The molecule has 1 aromatic rings. The van der Waals surface area contributed by atoms with E-state index < -0.39 is 9.84 Å². The molecule has 0 saturated carbocycles. The Kier molecular flexibility index (Phi) is 3.47. The molecule has 0 unspecified atom stereocenters. The first-order chi connectivity index (χ1) is 6.52. The monoisotopic (exact) mass is 210 g/mol. The van der Waals surface area contributed by atoms with E-state index in [-0.39, 0.29) is 5.25 Å². The maximum Gasteiger partial charge on any atom is 0.173 e. The van der Waals surface area contributed by atoms with E-state index in [1.54, 1.807) is 19.9 Å². The molecule has 0 bridgehead atoms. The molecular formula is C11H14O2S. The van der Waals surface area contributed by atoms with Gasteiger partial charge in [0.05, 0.1) is 5.25 Å². The minimum absolute atomic E-state index is 0.359. The Bertz CT molecular complexity index is 402. The Hall–Kier alpha value is -1.09. The molecule has 0 aliphatic carbocycles. The van der Waals surface area contributed by atoms with Crippen LogP contribution in [0.15, 0.2) is 35.7 Å². The van der Waals surface area contributed by atoms with Crippen LogP contribution in [0.2, 0.25) is 0 Å². The second kappa shape index (κ2) is 4.42. The number of hydrogen-bond acceptors (Lipinski definition) is 2. The van der Waals surface area contributed by atoms with Crippen molar-refractivity contribution in [1.29, 1.82) is 0 Å². The van der Waals surface area contributed by atoms with Gasteiger partial charge < -0.3 is 0 Å². The molecule has 14 heavy (non-hydrogen) atoms. The van der Waals surface area contributed by atoms with Crippen molar-refractivity contribution >= 4 is 15.9 Å². The molecule has 0 radical (unpaired) electrons. The molecule has 76 valence electrons. The number of sulfone groups is 1. The Morgan fingerprint density at radius 1 is 1.14 bits per heavy atom. The first-order valence-electron chi connectivity index (χ1n) is 4.49. The fourth-order valence-corrected chi connectivity index (χ4v) is 1.56. The van der Waals surface area contributed by atoms with E-state index >= 15 is 0 Å². The van der Waals surface area contributed by atoms with Gasteiger partial charge in [-0.05, 0) is 25.5 Å². The Morgan fingerprint density at radius 2 is 1.71 bits per heavy atom. The topological polar surface area (TPSA) is 34.1 Å². The van der Waals surface area contributed by atoms with Gasteiger partial charge in [-0.3, -0.25) is 0 Å². The van der Waals surface area contributed by atoms with Crippen LogP contribution in [0.3, 0.4) is 0 Å². The third-order valence-electron chi connectivity index (χ3n) is 1.91. The van der Waals surface area contributed by atoms with E-state index in [1.807, 2.05) is 30.3 Å². The Balaban J connectivity index is 2.85. The first kappa shape index (κ1) is 11.0. The molecule has 0 saturated heterocycles. The number of rotatable bonds is 3. The van der Waals surface area contributed by atoms with E-state index in [0.717, 1.165) is 5.56 Å². The highest BCUT2D eigenvalue weighted by molar-refractivity contribution is 7.94. The van der Waals surface area contributed by atoms with Crippen LogP contribution in [-0.2, 0) is 9.84 Å². The van der Waals surface area contributed by atoms with Gasteiger partial charge in [-0.2, -0.15) is 0 Å². The maximum absolute atomic E-state index is 11.4. The molecule has 0 heterocycles. The molecule has 1 rings (SSSR count).